The van der Waals surface area contributed by atoms with Gasteiger partial charge in [0, 0.05) is 0 Å². The van der Waals surface area contributed by atoms with Crippen LogP contribution in [0, 0.1) is 5.92 Å². The fourth-order valence-corrected chi connectivity index (χ4v) is 2.12. The van der Waals surface area contributed by atoms with Crippen molar-refractivity contribution >= 4 is 6.02 Å². The van der Waals surface area contributed by atoms with Crippen LogP contribution in [0.4, 0.5) is 0 Å². The van der Waals surface area contributed by atoms with Gasteiger partial charge in [-0.3, -0.25) is 0 Å². The van der Waals surface area contributed by atoms with Gasteiger partial charge in [0.15, 0.2) is 0 Å². The van der Waals surface area contributed by atoms with Crippen LogP contribution in [-0.4, -0.2) is 19.2 Å². The van der Waals surface area contributed by atoms with E-state index in [9.17, 15) is 0 Å². The van der Waals surface area contributed by atoms with E-state index in [1.54, 1.807) is 0 Å². The fourth-order valence-electron chi connectivity index (χ4n) is 2.12. The van der Waals surface area contributed by atoms with Gasteiger partial charge in [0.25, 0.3) is 6.02 Å². The van der Waals surface area contributed by atoms with Crippen LogP contribution in [0.25, 0.3) is 0 Å². The molecule has 1 aliphatic carbocycles. The molecule has 1 atom stereocenters. The maximum Gasteiger partial charge on any atom is 0.285 e. The van der Waals surface area contributed by atoms with Crippen LogP contribution >= 0.6 is 0 Å². The van der Waals surface area contributed by atoms with Crippen LogP contribution in [-0.2, 0) is 4.74 Å². The van der Waals surface area contributed by atoms with Crippen LogP contribution in [0.15, 0.2) is 35.3 Å². The zero-order valence-corrected chi connectivity index (χ0v) is 9.23. The molecule has 1 heterocycles. The summed E-state index contributed by atoms with van der Waals surface area (Å²) in [5.41, 5.74) is 1.34. The number of aliphatic imine (C=N–C) groups is 1. The maximum atomic E-state index is 5.42. The van der Waals surface area contributed by atoms with E-state index < -0.39 is 0 Å². The molecule has 0 radical (unpaired) electrons. The van der Waals surface area contributed by atoms with Crippen molar-refractivity contribution in [1.82, 2.24) is 5.32 Å². The first kappa shape index (κ1) is 9.70. The number of hydrogen-bond acceptors (Lipinski definition) is 3. The summed E-state index contributed by atoms with van der Waals surface area (Å²) >= 11 is 0. The van der Waals surface area contributed by atoms with E-state index in [-0.39, 0.29) is 0 Å². The zero-order valence-electron chi connectivity index (χ0n) is 9.23. The molecule has 1 saturated carbocycles. The van der Waals surface area contributed by atoms with Crippen LogP contribution in [0.1, 0.15) is 24.4 Å². The zero-order chi connectivity index (χ0) is 10.8. The molecule has 0 amide bonds. The van der Waals surface area contributed by atoms with Gasteiger partial charge in [0.2, 0.25) is 0 Å². The molecular formula is C13H16N2O. The molecule has 2 aliphatic rings. The molecule has 1 aromatic carbocycles. The molecule has 1 N–H and O–H groups in total. The van der Waals surface area contributed by atoms with Gasteiger partial charge >= 0.3 is 0 Å². The van der Waals surface area contributed by atoms with E-state index in [1.807, 2.05) is 0 Å². The SMILES string of the molecule is c1ccc([C@@H](NC2=NCCO2)C2CC2)cc1. The highest BCUT2D eigenvalue weighted by Crippen LogP contribution is 2.40. The Kier molecular flexibility index (Phi) is 2.52. The fraction of sp³-hybridized carbons (Fsp3) is 0.462. The van der Waals surface area contributed by atoms with Crippen molar-refractivity contribution < 1.29 is 4.74 Å². The Labute approximate surface area is 95.5 Å². The lowest BCUT2D eigenvalue weighted by Gasteiger charge is -2.19. The normalized spacial score (nSPS) is 21.1. The third-order valence-corrected chi connectivity index (χ3v) is 3.12. The van der Waals surface area contributed by atoms with Crippen molar-refractivity contribution in [1.29, 1.82) is 0 Å². The summed E-state index contributed by atoms with van der Waals surface area (Å²) in [4.78, 5) is 4.29. The minimum Gasteiger partial charge on any atom is -0.463 e. The summed E-state index contributed by atoms with van der Waals surface area (Å²) in [5.74, 6) is 0.745. The maximum absolute atomic E-state index is 5.42. The molecule has 0 aromatic heterocycles. The van der Waals surface area contributed by atoms with E-state index in [0.717, 1.165) is 18.5 Å². The second-order valence-electron chi connectivity index (χ2n) is 4.41. The Morgan fingerprint density at radius 1 is 1.25 bits per heavy atom. The molecule has 16 heavy (non-hydrogen) atoms. The van der Waals surface area contributed by atoms with Gasteiger partial charge in [0.05, 0.1) is 12.6 Å². The first-order valence-electron chi connectivity index (χ1n) is 5.92. The van der Waals surface area contributed by atoms with Gasteiger partial charge in [0.1, 0.15) is 6.61 Å². The Morgan fingerprint density at radius 2 is 2.06 bits per heavy atom. The van der Waals surface area contributed by atoms with Crippen molar-refractivity contribution in [2.24, 2.45) is 10.9 Å². The van der Waals surface area contributed by atoms with E-state index in [4.69, 9.17) is 4.74 Å². The van der Waals surface area contributed by atoms with Gasteiger partial charge in [-0.25, -0.2) is 4.99 Å². The molecule has 1 aromatic rings. The van der Waals surface area contributed by atoms with Crippen molar-refractivity contribution in [3.8, 4) is 0 Å². The van der Waals surface area contributed by atoms with E-state index in [1.165, 1.54) is 18.4 Å². The topological polar surface area (TPSA) is 33.6 Å². The highest BCUT2D eigenvalue weighted by Gasteiger charge is 2.33. The molecule has 1 aliphatic heterocycles. The van der Waals surface area contributed by atoms with Crippen molar-refractivity contribution in [2.75, 3.05) is 13.2 Å². The minimum absolute atomic E-state index is 0.373. The summed E-state index contributed by atoms with van der Waals surface area (Å²) in [6.07, 6.45) is 2.61. The number of benzene rings is 1. The number of amidine groups is 1. The average molecular weight is 216 g/mol. The van der Waals surface area contributed by atoms with Crippen LogP contribution in [0.2, 0.25) is 0 Å². The van der Waals surface area contributed by atoms with E-state index in [0.29, 0.717) is 12.6 Å². The lowest BCUT2D eigenvalue weighted by atomic mass is 10.0. The highest BCUT2D eigenvalue weighted by atomic mass is 16.5. The molecule has 0 unspecified atom stereocenters. The predicted octanol–water partition coefficient (Wildman–Crippen LogP) is 2.11. The molecule has 84 valence electrons. The average Bonchev–Trinajstić information content (AvgIpc) is 3.05. The quantitative estimate of drug-likeness (QED) is 0.839. The molecule has 0 spiro atoms. The summed E-state index contributed by atoms with van der Waals surface area (Å²) in [6, 6.07) is 11.7. The number of nitrogens with zero attached hydrogens (tertiary/aromatic N) is 1. The largest absolute Gasteiger partial charge is 0.463 e. The predicted molar refractivity (Wildman–Crippen MR) is 63.3 cm³/mol. The first-order valence-corrected chi connectivity index (χ1v) is 5.92. The third kappa shape index (κ3) is 2.03. The summed E-state index contributed by atoms with van der Waals surface area (Å²) in [7, 11) is 0. The molecule has 0 saturated heterocycles. The highest BCUT2D eigenvalue weighted by molar-refractivity contribution is 5.75. The molecule has 0 bridgehead atoms. The van der Waals surface area contributed by atoms with Gasteiger partial charge in [-0.1, -0.05) is 30.3 Å². The van der Waals surface area contributed by atoms with Crippen LogP contribution in [0.5, 0.6) is 0 Å². The Bertz CT molecular complexity index is 384. The Balaban J connectivity index is 1.76. The summed E-state index contributed by atoms with van der Waals surface area (Å²) in [5, 5.41) is 3.42. The number of nitrogens with one attached hydrogen (secondary N) is 1. The molecule has 3 rings (SSSR count). The molecule has 1 fully saturated rings. The van der Waals surface area contributed by atoms with Crippen molar-refractivity contribution in [3.05, 3.63) is 35.9 Å². The summed E-state index contributed by atoms with van der Waals surface area (Å²) in [6.45, 7) is 1.50. The molecule has 3 heteroatoms. The van der Waals surface area contributed by atoms with Crippen molar-refractivity contribution in [3.63, 3.8) is 0 Å². The van der Waals surface area contributed by atoms with Crippen LogP contribution in [0.3, 0.4) is 0 Å². The van der Waals surface area contributed by atoms with Crippen molar-refractivity contribution in [2.45, 2.75) is 18.9 Å². The smallest absolute Gasteiger partial charge is 0.285 e. The number of hydrogen-bond donors (Lipinski definition) is 1. The monoisotopic (exact) mass is 216 g/mol. The van der Waals surface area contributed by atoms with Crippen LogP contribution < -0.4 is 5.32 Å². The molecular weight excluding hydrogens is 200 g/mol. The number of ether oxygens (including phenoxy) is 1. The Morgan fingerprint density at radius 3 is 2.69 bits per heavy atom. The van der Waals surface area contributed by atoms with E-state index in [2.05, 4.69) is 40.6 Å². The van der Waals surface area contributed by atoms with E-state index >= 15 is 0 Å². The third-order valence-electron chi connectivity index (χ3n) is 3.12. The molecule has 3 nitrogen and oxygen atoms in total. The lowest BCUT2D eigenvalue weighted by Crippen LogP contribution is -2.30. The van der Waals surface area contributed by atoms with Gasteiger partial charge < -0.3 is 10.1 Å². The lowest BCUT2D eigenvalue weighted by molar-refractivity contribution is 0.322. The second kappa shape index (κ2) is 4.16. The second-order valence-corrected chi connectivity index (χ2v) is 4.41. The standard InChI is InChI=1S/C13H16N2O/c1-2-4-10(5-3-1)12(11-6-7-11)15-13-14-8-9-16-13/h1-5,11-12H,6-9H2,(H,14,15)/t12-/m1/s1. The minimum atomic E-state index is 0.373. The Hall–Kier alpha value is -1.51. The first-order chi connectivity index (χ1) is 7.93. The van der Waals surface area contributed by atoms with Gasteiger partial charge in [-0.05, 0) is 24.3 Å². The summed E-state index contributed by atoms with van der Waals surface area (Å²) < 4.78 is 5.42. The van der Waals surface area contributed by atoms with Gasteiger partial charge in [-0.2, -0.15) is 0 Å². The number of rotatable bonds is 3. The van der Waals surface area contributed by atoms with Gasteiger partial charge in [-0.15, -0.1) is 0 Å².